The van der Waals surface area contributed by atoms with Crippen LogP contribution >= 0.6 is 0 Å². The first-order chi connectivity index (χ1) is 13.2. The van der Waals surface area contributed by atoms with E-state index >= 15 is 0 Å². The Hall–Kier alpha value is -2.37. The molecular weight excluding hydrogens is 343 g/mol. The van der Waals surface area contributed by atoms with Gasteiger partial charge in [0.2, 0.25) is 5.89 Å². The van der Waals surface area contributed by atoms with E-state index in [-0.39, 0.29) is 5.82 Å². The summed E-state index contributed by atoms with van der Waals surface area (Å²) in [6, 6.07) is 6.18. The number of nitrogens with zero attached hydrogens (tertiary/aromatic N) is 3. The molecule has 1 aliphatic heterocycles. The van der Waals surface area contributed by atoms with Gasteiger partial charge >= 0.3 is 0 Å². The first kappa shape index (κ1) is 18.0. The molecule has 0 bridgehead atoms. The van der Waals surface area contributed by atoms with Gasteiger partial charge in [0.15, 0.2) is 5.96 Å². The predicted octanol–water partition coefficient (Wildman–Crippen LogP) is 3.86. The largest absolute Gasteiger partial charge is 0.444 e. The molecule has 1 aromatic heterocycles. The molecule has 2 aliphatic rings. The number of aromatic nitrogens is 1. The minimum Gasteiger partial charge on any atom is -0.444 e. The summed E-state index contributed by atoms with van der Waals surface area (Å²) in [6.07, 6.45) is 9.20. The van der Waals surface area contributed by atoms with Crippen molar-refractivity contribution < 1.29 is 8.81 Å². The molecule has 0 unspecified atom stereocenters. The van der Waals surface area contributed by atoms with Crippen LogP contribution in [-0.2, 0) is 6.42 Å². The number of nitrogens with one attached hydrogen (secondary N) is 1. The van der Waals surface area contributed by atoms with Gasteiger partial charge in [0.1, 0.15) is 12.1 Å². The molecular formula is C21H27FN4O. The summed E-state index contributed by atoms with van der Waals surface area (Å²) in [7, 11) is 1.85. The van der Waals surface area contributed by atoms with Crippen molar-refractivity contribution in [2.75, 3.05) is 26.7 Å². The Labute approximate surface area is 159 Å². The van der Waals surface area contributed by atoms with Crippen molar-refractivity contribution in [1.82, 2.24) is 15.2 Å². The number of rotatable bonds is 4. The second kappa shape index (κ2) is 7.71. The van der Waals surface area contributed by atoms with Crippen molar-refractivity contribution in [1.29, 1.82) is 0 Å². The lowest BCUT2D eigenvalue weighted by molar-refractivity contribution is 0.309. The standard InChI is InChI=1S/C21H27FN4O/c1-23-20(26-13-11-21(15-26)9-2-3-10-21)24-12-8-18-14-27-19(25-18)16-4-6-17(22)7-5-16/h4-7,14H,2-3,8-13,15H2,1H3,(H,23,24). The van der Waals surface area contributed by atoms with Gasteiger partial charge in [-0.15, -0.1) is 0 Å². The van der Waals surface area contributed by atoms with E-state index in [9.17, 15) is 4.39 Å². The summed E-state index contributed by atoms with van der Waals surface area (Å²) in [4.78, 5) is 11.4. The second-order valence-corrected chi connectivity index (χ2v) is 7.75. The van der Waals surface area contributed by atoms with Crippen LogP contribution in [0.25, 0.3) is 11.5 Å². The van der Waals surface area contributed by atoms with Crippen LogP contribution in [-0.4, -0.2) is 42.5 Å². The topological polar surface area (TPSA) is 53.7 Å². The van der Waals surface area contributed by atoms with Crippen LogP contribution in [0, 0.1) is 11.2 Å². The van der Waals surface area contributed by atoms with E-state index in [1.165, 1.54) is 44.2 Å². The summed E-state index contributed by atoms with van der Waals surface area (Å²) in [6.45, 7) is 2.98. The van der Waals surface area contributed by atoms with Gasteiger partial charge in [-0.3, -0.25) is 4.99 Å². The Balaban J connectivity index is 1.29. The maximum Gasteiger partial charge on any atom is 0.226 e. The third-order valence-electron chi connectivity index (χ3n) is 5.92. The highest BCUT2D eigenvalue weighted by Gasteiger charge is 2.40. The van der Waals surface area contributed by atoms with Gasteiger partial charge in [0.05, 0.1) is 5.69 Å². The Morgan fingerprint density at radius 3 is 2.78 bits per heavy atom. The molecule has 2 heterocycles. The van der Waals surface area contributed by atoms with Crippen LogP contribution in [0.15, 0.2) is 39.9 Å². The quantitative estimate of drug-likeness (QED) is 0.656. The molecule has 1 aromatic carbocycles. The lowest BCUT2D eigenvalue weighted by atomic mass is 9.86. The number of guanidine groups is 1. The summed E-state index contributed by atoms with van der Waals surface area (Å²) in [5.74, 6) is 1.25. The highest BCUT2D eigenvalue weighted by atomic mass is 19.1. The van der Waals surface area contributed by atoms with Gasteiger partial charge in [-0.25, -0.2) is 9.37 Å². The first-order valence-electron chi connectivity index (χ1n) is 9.83. The number of halogens is 1. The zero-order chi connectivity index (χ0) is 18.7. The lowest BCUT2D eigenvalue weighted by Gasteiger charge is -2.25. The number of hydrogen-bond acceptors (Lipinski definition) is 3. The summed E-state index contributed by atoms with van der Waals surface area (Å²) >= 11 is 0. The van der Waals surface area contributed by atoms with Gasteiger partial charge in [-0.1, -0.05) is 12.8 Å². The second-order valence-electron chi connectivity index (χ2n) is 7.75. The SMILES string of the molecule is CN=C(NCCc1coc(-c2ccc(F)cc2)n1)N1CCC2(CCCC2)C1. The van der Waals surface area contributed by atoms with Gasteiger partial charge < -0.3 is 14.6 Å². The van der Waals surface area contributed by atoms with Crippen molar-refractivity contribution in [3.63, 3.8) is 0 Å². The lowest BCUT2D eigenvalue weighted by Crippen LogP contribution is -2.41. The summed E-state index contributed by atoms with van der Waals surface area (Å²) < 4.78 is 18.6. The number of benzene rings is 1. The third kappa shape index (κ3) is 3.99. The van der Waals surface area contributed by atoms with Crippen LogP contribution in [0.2, 0.25) is 0 Å². The molecule has 1 aliphatic carbocycles. The van der Waals surface area contributed by atoms with Crippen LogP contribution in [0.5, 0.6) is 0 Å². The molecule has 2 aromatic rings. The van der Waals surface area contributed by atoms with Gasteiger partial charge in [-0.2, -0.15) is 0 Å². The van der Waals surface area contributed by atoms with E-state index in [0.717, 1.165) is 43.3 Å². The van der Waals surface area contributed by atoms with Gasteiger partial charge in [-0.05, 0) is 48.9 Å². The number of oxazole rings is 1. The van der Waals surface area contributed by atoms with Crippen LogP contribution in [0.1, 0.15) is 37.8 Å². The van der Waals surface area contributed by atoms with E-state index in [4.69, 9.17) is 4.42 Å². The van der Waals surface area contributed by atoms with E-state index < -0.39 is 0 Å². The van der Waals surface area contributed by atoms with Crippen LogP contribution < -0.4 is 5.32 Å². The Morgan fingerprint density at radius 1 is 1.26 bits per heavy atom. The number of likely N-dealkylation sites (tertiary alicyclic amines) is 1. The molecule has 5 nitrogen and oxygen atoms in total. The van der Waals surface area contributed by atoms with Gasteiger partial charge in [0.25, 0.3) is 0 Å². The number of hydrogen-bond donors (Lipinski definition) is 1. The minimum absolute atomic E-state index is 0.262. The normalized spacial score (nSPS) is 19.2. The van der Waals surface area contributed by atoms with Crippen molar-refractivity contribution in [3.8, 4) is 11.5 Å². The smallest absolute Gasteiger partial charge is 0.226 e. The Bertz CT molecular complexity index is 793. The molecule has 1 saturated heterocycles. The molecule has 2 fully saturated rings. The molecule has 27 heavy (non-hydrogen) atoms. The monoisotopic (exact) mass is 370 g/mol. The molecule has 6 heteroatoms. The maximum atomic E-state index is 13.0. The van der Waals surface area contributed by atoms with E-state index in [1.807, 2.05) is 7.05 Å². The Kier molecular flexibility index (Phi) is 5.14. The minimum atomic E-state index is -0.262. The predicted molar refractivity (Wildman–Crippen MR) is 104 cm³/mol. The highest BCUT2D eigenvalue weighted by Crippen LogP contribution is 2.45. The fourth-order valence-corrected chi connectivity index (χ4v) is 4.43. The van der Waals surface area contributed by atoms with Gasteiger partial charge in [0, 0.05) is 38.7 Å². The Morgan fingerprint density at radius 2 is 2.04 bits per heavy atom. The molecule has 1 N–H and O–H groups in total. The fourth-order valence-electron chi connectivity index (χ4n) is 4.43. The number of aliphatic imine (C=N–C) groups is 1. The summed E-state index contributed by atoms with van der Waals surface area (Å²) in [5, 5.41) is 3.47. The third-order valence-corrected chi connectivity index (χ3v) is 5.92. The fraction of sp³-hybridized carbons (Fsp3) is 0.524. The van der Waals surface area contributed by atoms with E-state index in [0.29, 0.717) is 11.3 Å². The molecule has 4 rings (SSSR count). The molecule has 1 spiro atoms. The average molecular weight is 370 g/mol. The maximum absolute atomic E-state index is 13.0. The zero-order valence-electron chi connectivity index (χ0n) is 15.9. The first-order valence-corrected chi connectivity index (χ1v) is 9.83. The van der Waals surface area contributed by atoms with E-state index in [2.05, 4.69) is 20.2 Å². The molecule has 144 valence electrons. The van der Waals surface area contributed by atoms with Crippen molar-refractivity contribution >= 4 is 5.96 Å². The van der Waals surface area contributed by atoms with Crippen molar-refractivity contribution in [3.05, 3.63) is 42.0 Å². The zero-order valence-corrected chi connectivity index (χ0v) is 15.9. The van der Waals surface area contributed by atoms with Crippen LogP contribution in [0.4, 0.5) is 4.39 Å². The highest BCUT2D eigenvalue weighted by molar-refractivity contribution is 5.80. The van der Waals surface area contributed by atoms with Crippen LogP contribution in [0.3, 0.4) is 0 Å². The van der Waals surface area contributed by atoms with E-state index in [1.54, 1.807) is 18.4 Å². The van der Waals surface area contributed by atoms with Crippen molar-refractivity contribution in [2.45, 2.75) is 38.5 Å². The molecule has 0 atom stereocenters. The molecule has 1 saturated carbocycles. The summed E-state index contributed by atoms with van der Waals surface area (Å²) in [5.41, 5.74) is 2.20. The van der Waals surface area contributed by atoms with Crippen molar-refractivity contribution in [2.24, 2.45) is 10.4 Å². The molecule has 0 radical (unpaired) electrons. The molecule has 0 amide bonds. The average Bonchev–Trinajstić information content (AvgIpc) is 3.42.